The van der Waals surface area contributed by atoms with Crippen LogP contribution in [0.3, 0.4) is 0 Å². The van der Waals surface area contributed by atoms with E-state index in [1.807, 2.05) is 16.8 Å². The molecule has 1 aromatic rings. The van der Waals surface area contributed by atoms with Crippen molar-refractivity contribution in [3.63, 3.8) is 0 Å². The molecule has 2 nitrogen and oxygen atoms in total. The number of nitrogens with zero attached hydrogens (tertiary/aromatic N) is 1. The van der Waals surface area contributed by atoms with E-state index in [0.717, 1.165) is 37.0 Å². The van der Waals surface area contributed by atoms with E-state index in [1.54, 1.807) is 11.3 Å². The Morgan fingerprint density at radius 1 is 1.53 bits per heavy atom. The van der Waals surface area contributed by atoms with Crippen LogP contribution in [-0.2, 0) is 0 Å². The van der Waals surface area contributed by atoms with Crippen LogP contribution in [0, 0.1) is 11.8 Å². The van der Waals surface area contributed by atoms with E-state index < -0.39 is 0 Å². The number of aliphatic hydroxyl groups is 1. The SMILES string of the molecule is CC(C)C1CN(CC(O)c2ccsc2)C1. The lowest BCUT2D eigenvalue weighted by molar-refractivity contribution is 0.0217. The zero-order valence-corrected chi connectivity index (χ0v) is 10.2. The molecule has 84 valence electrons. The summed E-state index contributed by atoms with van der Waals surface area (Å²) in [5.74, 6) is 1.61. The minimum absolute atomic E-state index is 0.302. The Bertz CT molecular complexity index is 291. The number of β-amino-alcohol motifs (C(OH)–C–C–N with tert-alkyl or cyclic N) is 1. The predicted molar refractivity (Wildman–Crippen MR) is 64.0 cm³/mol. The first-order chi connectivity index (χ1) is 7.16. The van der Waals surface area contributed by atoms with Crippen molar-refractivity contribution in [1.82, 2.24) is 4.90 Å². The van der Waals surface area contributed by atoms with Crippen molar-refractivity contribution in [2.24, 2.45) is 11.8 Å². The first-order valence-corrected chi connectivity index (χ1v) is 6.53. The van der Waals surface area contributed by atoms with Crippen LogP contribution < -0.4 is 0 Å². The molecule has 0 amide bonds. The van der Waals surface area contributed by atoms with Gasteiger partial charge in [0.1, 0.15) is 0 Å². The lowest BCUT2D eigenvalue weighted by Gasteiger charge is -2.42. The van der Waals surface area contributed by atoms with Crippen LogP contribution in [-0.4, -0.2) is 29.6 Å². The highest BCUT2D eigenvalue weighted by atomic mass is 32.1. The summed E-state index contributed by atoms with van der Waals surface area (Å²) in [6, 6.07) is 2.01. The number of thiophene rings is 1. The smallest absolute Gasteiger partial charge is 0.0924 e. The maximum Gasteiger partial charge on any atom is 0.0924 e. The van der Waals surface area contributed by atoms with Crippen LogP contribution >= 0.6 is 11.3 Å². The topological polar surface area (TPSA) is 23.5 Å². The predicted octanol–water partition coefficient (Wildman–Crippen LogP) is 2.37. The molecule has 0 saturated carbocycles. The molecule has 2 heterocycles. The number of aliphatic hydroxyl groups excluding tert-OH is 1. The third-order valence-electron chi connectivity index (χ3n) is 3.29. The molecule has 15 heavy (non-hydrogen) atoms. The number of rotatable bonds is 4. The van der Waals surface area contributed by atoms with Gasteiger partial charge in [-0.1, -0.05) is 13.8 Å². The highest BCUT2D eigenvalue weighted by Crippen LogP contribution is 2.26. The Hall–Kier alpha value is -0.380. The minimum Gasteiger partial charge on any atom is -0.387 e. The Balaban J connectivity index is 1.76. The minimum atomic E-state index is -0.302. The van der Waals surface area contributed by atoms with E-state index in [4.69, 9.17) is 0 Å². The molecule has 1 aliphatic rings. The van der Waals surface area contributed by atoms with Gasteiger partial charge in [0.25, 0.3) is 0 Å². The second kappa shape index (κ2) is 4.64. The van der Waals surface area contributed by atoms with Gasteiger partial charge in [-0.15, -0.1) is 0 Å². The average Bonchev–Trinajstić information content (AvgIpc) is 2.61. The second-order valence-corrected chi connectivity index (χ2v) is 5.58. The summed E-state index contributed by atoms with van der Waals surface area (Å²) < 4.78 is 0. The third kappa shape index (κ3) is 2.60. The standard InChI is InChI=1S/C12H19NOS/c1-9(2)11-5-13(6-11)7-12(14)10-3-4-15-8-10/h3-4,8-9,11-12,14H,5-7H2,1-2H3. The molecule has 0 radical (unpaired) electrons. The van der Waals surface area contributed by atoms with E-state index in [1.165, 1.54) is 0 Å². The van der Waals surface area contributed by atoms with Crippen LogP contribution in [0.25, 0.3) is 0 Å². The van der Waals surface area contributed by atoms with Gasteiger partial charge in [0, 0.05) is 19.6 Å². The Morgan fingerprint density at radius 2 is 2.27 bits per heavy atom. The van der Waals surface area contributed by atoms with Gasteiger partial charge in [0.15, 0.2) is 0 Å². The monoisotopic (exact) mass is 225 g/mol. The van der Waals surface area contributed by atoms with Crippen molar-refractivity contribution < 1.29 is 5.11 Å². The fourth-order valence-corrected chi connectivity index (χ4v) is 2.70. The van der Waals surface area contributed by atoms with Crippen molar-refractivity contribution in [3.05, 3.63) is 22.4 Å². The quantitative estimate of drug-likeness (QED) is 0.850. The molecule has 0 bridgehead atoms. The summed E-state index contributed by atoms with van der Waals surface area (Å²) >= 11 is 1.65. The van der Waals surface area contributed by atoms with Crippen molar-refractivity contribution in [1.29, 1.82) is 0 Å². The van der Waals surface area contributed by atoms with Crippen molar-refractivity contribution in [2.45, 2.75) is 20.0 Å². The number of hydrogen-bond donors (Lipinski definition) is 1. The van der Waals surface area contributed by atoms with E-state index >= 15 is 0 Å². The maximum atomic E-state index is 9.93. The van der Waals surface area contributed by atoms with Crippen LogP contribution in [0.5, 0.6) is 0 Å². The summed E-state index contributed by atoms with van der Waals surface area (Å²) in [7, 11) is 0. The highest BCUT2D eigenvalue weighted by molar-refractivity contribution is 7.07. The number of likely N-dealkylation sites (tertiary alicyclic amines) is 1. The van der Waals surface area contributed by atoms with Crippen LogP contribution in [0.1, 0.15) is 25.5 Å². The van der Waals surface area contributed by atoms with E-state index in [0.29, 0.717) is 0 Å². The van der Waals surface area contributed by atoms with Gasteiger partial charge in [-0.25, -0.2) is 0 Å². The van der Waals surface area contributed by atoms with E-state index in [2.05, 4.69) is 18.7 Å². The summed E-state index contributed by atoms with van der Waals surface area (Å²) in [6.07, 6.45) is -0.302. The van der Waals surface area contributed by atoms with Gasteiger partial charge in [-0.3, -0.25) is 4.90 Å². The van der Waals surface area contributed by atoms with Gasteiger partial charge < -0.3 is 5.11 Å². The van der Waals surface area contributed by atoms with Gasteiger partial charge in [0.05, 0.1) is 6.10 Å². The molecule has 0 spiro atoms. The molecule has 1 unspecified atom stereocenters. The summed E-state index contributed by atoms with van der Waals surface area (Å²) in [6.45, 7) is 7.65. The van der Waals surface area contributed by atoms with Crippen molar-refractivity contribution in [2.75, 3.05) is 19.6 Å². The fraction of sp³-hybridized carbons (Fsp3) is 0.667. The third-order valence-corrected chi connectivity index (χ3v) is 3.99. The normalized spacial score (nSPS) is 20.5. The van der Waals surface area contributed by atoms with Gasteiger partial charge in [-0.05, 0) is 34.2 Å². The summed E-state index contributed by atoms with van der Waals surface area (Å²) in [5.41, 5.74) is 1.06. The van der Waals surface area contributed by atoms with Crippen LogP contribution in [0.4, 0.5) is 0 Å². The Morgan fingerprint density at radius 3 is 2.80 bits per heavy atom. The van der Waals surface area contributed by atoms with Crippen LogP contribution in [0.15, 0.2) is 16.8 Å². The first kappa shape index (κ1) is 11.1. The molecule has 3 heteroatoms. The van der Waals surface area contributed by atoms with Gasteiger partial charge in [0.2, 0.25) is 0 Å². The molecule has 1 aliphatic heterocycles. The average molecular weight is 225 g/mol. The van der Waals surface area contributed by atoms with Gasteiger partial charge in [-0.2, -0.15) is 11.3 Å². The summed E-state index contributed by atoms with van der Waals surface area (Å²) in [5, 5.41) is 14.0. The van der Waals surface area contributed by atoms with Crippen molar-refractivity contribution >= 4 is 11.3 Å². The number of hydrogen-bond acceptors (Lipinski definition) is 3. The Kier molecular flexibility index (Phi) is 3.44. The maximum absolute atomic E-state index is 9.93. The molecular weight excluding hydrogens is 206 g/mol. The largest absolute Gasteiger partial charge is 0.387 e. The first-order valence-electron chi connectivity index (χ1n) is 5.59. The second-order valence-electron chi connectivity index (χ2n) is 4.80. The molecule has 0 aromatic carbocycles. The zero-order valence-electron chi connectivity index (χ0n) is 9.39. The zero-order chi connectivity index (χ0) is 10.8. The molecule has 1 atom stereocenters. The molecule has 0 aliphatic carbocycles. The summed E-state index contributed by atoms with van der Waals surface area (Å²) in [4.78, 5) is 2.34. The van der Waals surface area contributed by atoms with Crippen molar-refractivity contribution in [3.8, 4) is 0 Å². The molecule has 1 saturated heterocycles. The van der Waals surface area contributed by atoms with E-state index in [9.17, 15) is 5.11 Å². The molecule has 1 N–H and O–H groups in total. The van der Waals surface area contributed by atoms with E-state index in [-0.39, 0.29) is 6.10 Å². The molecule has 1 aromatic heterocycles. The van der Waals surface area contributed by atoms with Gasteiger partial charge >= 0.3 is 0 Å². The molecule has 2 rings (SSSR count). The van der Waals surface area contributed by atoms with Crippen LogP contribution in [0.2, 0.25) is 0 Å². The highest BCUT2D eigenvalue weighted by Gasteiger charge is 2.30. The lowest BCUT2D eigenvalue weighted by atomic mass is 9.88. The lowest BCUT2D eigenvalue weighted by Crippen LogP contribution is -2.50. The Labute approximate surface area is 95.5 Å². The molecular formula is C12H19NOS. The molecule has 1 fully saturated rings. The fourth-order valence-electron chi connectivity index (χ4n) is 2.00.